The largest absolute Gasteiger partial charge is 0.478 e. The zero-order valence-corrected chi connectivity index (χ0v) is 12.5. The predicted molar refractivity (Wildman–Crippen MR) is 75.9 cm³/mol. The molecule has 1 fully saturated rings. The van der Waals surface area contributed by atoms with E-state index in [4.69, 9.17) is 9.52 Å². The molecule has 8 heteroatoms. The molecule has 114 valence electrons. The topological polar surface area (TPSA) is 99.9 Å². The van der Waals surface area contributed by atoms with Crippen molar-refractivity contribution >= 4 is 29.5 Å². The van der Waals surface area contributed by atoms with Crippen LogP contribution in [0.1, 0.15) is 28.8 Å². The average molecular weight is 312 g/mol. The van der Waals surface area contributed by atoms with E-state index in [0.29, 0.717) is 23.2 Å². The summed E-state index contributed by atoms with van der Waals surface area (Å²) in [5.74, 6) is 0.276. The zero-order valence-electron chi connectivity index (χ0n) is 11.7. The molecule has 1 aromatic rings. The van der Waals surface area contributed by atoms with Crippen molar-refractivity contribution in [2.75, 3.05) is 11.6 Å². The standard InChI is InChI=1S/C13H16N2O5S/c1-7-10(13(18)19)3-9(20-7)4-14-12(17)11-5-21-6-15(11)8(2)16/h3,11H,4-6H2,1-2H3,(H,14,17)(H,18,19)/t11-/m0/s1. The SMILES string of the molecule is CC(=O)N1CSC[C@H]1C(=O)NCc1cc(C(=O)O)c(C)o1. The average Bonchev–Trinajstić information content (AvgIpc) is 3.02. The second-order valence-electron chi connectivity index (χ2n) is 4.71. The van der Waals surface area contributed by atoms with Crippen LogP contribution in [0.25, 0.3) is 0 Å². The summed E-state index contributed by atoms with van der Waals surface area (Å²) in [4.78, 5) is 35.9. The lowest BCUT2D eigenvalue weighted by Gasteiger charge is -2.21. The van der Waals surface area contributed by atoms with Crippen LogP contribution < -0.4 is 5.32 Å². The van der Waals surface area contributed by atoms with Gasteiger partial charge in [-0.25, -0.2) is 4.79 Å². The van der Waals surface area contributed by atoms with Gasteiger partial charge in [-0.3, -0.25) is 9.59 Å². The molecule has 0 saturated carbocycles. The molecule has 0 spiro atoms. The number of rotatable bonds is 4. The monoisotopic (exact) mass is 312 g/mol. The number of thioether (sulfide) groups is 1. The van der Waals surface area contributed by atoms with Crippen LogP contribution in [0.3, 0.4) is 0 Å². The number of hydrogen-bond donors (Lipinski definition) is 2. The lowest BCUT2D eigenvalue weighted by Crippen LogP contribution is -2.46. The highest BCUT2D eigenvalue weighted by molar-refractivity contribution is 7.99. The summed E-state index contributed by atoms with van der Waals surface area (Å²) in [6.45, 7) is 3.08. The quantitative estimate of drug-likeness (QED) is 0.854. The number of nitrogens with zero attached hydrogens (tertiary/aromatic N) is 1. The Morgan fingerprint density at radius 3 is 2.81 bits per heavy atom. The van der Waals surface area contributed by atoms with Gasteiger partial charge in [0.1, 0.15) is 23.1 Å². The normalized spacial score (nSPS) is 17.8. The van der Waals surface area contributed by atoms with Gasteiger partial charge in [0.25, 0.3) is 0 Å². The summed E-state index contributed by atoms with van der Waals surface area (Å²) in [6, 6.07) is 0.909. The summed E-state index contributed by atoms with van der Waals surface area (Å²) in [7, 11) is 0. The van der Waals surface area contributed by atoms with Crippen molar-refractivity contribution in [1.29, 1.82) is 0 Å². The number of carboxylic acid groups (broad SMARTS) is 1. The van der Waals surface area contributed by atoms with Gasteiger partial charge in [-0.1, -0.05) is 0 Å². The predicted octanol–water partition coefficient (Wildman–Crippen LogP) is 0.824. The number of carbonyl (C=O) groups excluding carboxylic acids is 2. The highest BCUT2D eigenvalue weighted by Gasteiger charge is 2.32. The number of aryl methyl sites for hydroxylation is 1. The van der Waals surface area contributed by atoms with E-state index in [0.717, 1.165) is 0 Å². The third-order valence-corrected chi connectivity index (χ3v) is 4.24. The summed E-state index contributed by atoms with van der Waals surface area (Å²) >= 11 is 1.52. The Kier molecular flexibility index (Phi) is 4.56. The summed E-state index contributed by atoms with van der Waals surface area (Å²) in [5, 5.41) is 11.6. The molecule has 2 amide bonds. The Hall–Kier alpha value is -1.96. The molecule has 0 unspecified atom stereocenters. The van der Waals surface area contributed by atoms with Gasteiger partial charge in [0, 0.05) is 12.7 Å². The number of furan rings is 1. The first kappa shape index (κ1) is 15.4. The van der Waals surface area contributed by atoms with E-state index in [2.05, 4.69) is 5.32 Å². The van der Waals surface area contributed by atoms with E-state index in [1.54, 1.807) is 6.92 Å². The van der Waals surface area contributed by atoms with E-state index in [1.165, 1.54) is 29.7 Å². The molecule has 1 atom stereocenters. The number of nitrogens with one attached hydrogen (secondary N) is 1. The van der Waals surface area contributed by atoms with Gasteiger partial charge in [-0.15, -0.1) is 11.8 Å². The van der Waals surface area contributed by atoms with Gasteiger partial charge in [-0.05, 0) is 13.0 Å². The van der Waals surface area contributed by atoms with Crippen LogP contribution in [-0.2, 0) is 16.1 Å². The molecule has 0 radical (unpaired) electrons. The van der Waals surface area contributed by atoms with Gasteiger partial charge in [-0.2, -0.15) is 0 Å². The number of carboxylic acids is 1. The Bertz CT molecular complexity index is 583. The smallest absolute Gasteiger partial charge is 0.339 e. The molecule has 0 aromatic carbocycles. The van der Waals surface area contributed by atoms with Crippen molar-refractivity contribution in [2.45, 2.75) is 26.4 Å². The van der Waals surface area contributed by atoms with Crippen LogP contribution in [0.2, 0.25) is 0 Å². The number of amides is 2. The zero-order chi connectivity index (χ0) is 15.6. The lowest BCUT2D eigenvalue weighted by atomic mass is 10.2. The molecule has 0 bridgehead atoms. The maximum Gasteiger partial charge on any atom is 0.339 e. The maximum absolute atomic E-state index is 12.1. The third-order valence-electron chi connectivity index (χ3n) is 3.23. The van der Waals surface area contributed by atoms with E-state index in [1.807, 2.05) is 0 Å². The summed E-state index contributed by atoms with van der Waals surface area (Å²) < 4.78 is 5.28. The van der Waals surface area contributed by atoms with Gasteiger partial charge in [0.05, 0.1) is 12.4 Å². The molecule has 1 aliphatic rings. The van der Waals surface area contributed by atoms with E-state index in [9.17, 15) is 14.4 Å². The van der Waals surface area contributed by atoms with Gasteiger partial charge in [0.2, 0.25) is 11.8 Å². The van der Waals surface area contributed by atoms with Crippen LogP contribution in [0, 0.1) is 6.92 Å². The van der Waals surface area contributed by atoms with Crippen molar-refractivity contribution in [2.24, 2.45) is 0 Å². The minimum absolute atomic E-state index is 0.0843. The molecule has 1 saturated heterocycles. The minimum Gasteiger partial charge on any atom is -0.478 e. The highest BCUT2D eigenvalue weighted by Crippen LogP contribution is 2.21. The number of hydrogen-bond acceptors (Lipinski definition) is 5. The van der Waals surface area contributed by atoms with E-state index >= 15 is 0 Å². The molecule has 2 rings (SSSR count). The molecule has 1 aromatic heterocycles. The summed E-state index contributed by atoms with van der Waals surface area (Å²) in [5.41, 5.74) is 0.0843. The van der Waals surface area contributed by atoms with Crippen LogP contribution in [0.5, 0.6) is 0 Å². The highest BCUT2D eigenvalue weighted by atomic mass is 32.2. The minimum atomic E-state index is -1.07. The molecule has 2 heterocycles. The Labute approximate surface area is 125 Å². The number of carbonyl (C=O) groups is 3. The van der Waals surface area contributed by atoms with Crippen molar-refractivity contribution in [3.05, 3.63) is 23.2 Å². The van der Waals surface area contributed by atoms with E-state index in [-0.39, 0.29) is 23.9 Å². The fourth-order valence-electron chi connectivity index (χ4n) is 2.11. The molecular formula is C13H16N2O5S. The van der Waals surface area contributed by atoms with Crippen molar-refractivity contribution < 1.29 is 23.9 Å². The van der Waals surface area contributed by atoms with Crippen LogP contribution >= 0.6 is 11.8 Å². The third kappa shape index (κ3) is 3.38. The van der Waals surface area contributed by atoms with E-state index < -0.39 is 12.0 Å². The first-order valence-electron chi connectivity index (χ1n) is 6.35. The lowest BCUT2D eigenvalue weighted by molar-refractivity contribution is -0.136. The van der Waals surface area contributed by atoms with Crippen molar-refractivity contribution in [3.63, 3.8) is 0 Å². The van der Waals surface area contributed by atoms with Crippen molar-refractivity contribution in [1.82, 2.24) is 10.2 Å². The number of aromatic carboxylic acids is 1. The molecule has 0 aliphatic carbocycles. The molecular weight excluding hydrogens is 296 g/mol. The molecule has 21 heavy (non-hydrogen) atoms. The second-order valence-corrected chi connectivity index (χ2v) is 5.71. The maximum atomic E-state index is 12.1. The first-order valence-corrected chi connectivity index (χ1v) is 7.51. The second kappa shape index (κ2) is 6.21. The molecule has 7 nitrogen and oxygen atoms in total. The van der Waals surface area contributed by atoms with Crippen molar-refractivity contribution in [3.8, 4) is 0 Å². The fraction of sp³-hybridized carbons (Fsp3) is 0.462. The fourth-order valence-corrected chi connectivity index (χ4v) is 3.32. The Morgan fingerprint density at radius 1 is 1.52 bits per heavy atom. The Morgan fingerprint density at radius 2 is 2.24 bits per heavy atom. The van der Waals surface area contributed by atoms with Gasteiger partial charge >= 0.3 is 5.97 Å². The first-order chi connectivity index (χ1) is 9.90. The van der Waals surface area contributed by atoms with Crippen LogP contribution in [0.15, 0.2) is 10.5 Å². The van der Waals surface area contributed by atoms with Crippen LogP contribution in [-0.4, -0.2) is 45.5 Å². The van der Waals surface area contributed by atoms with Gasteiger partial charge in [0.15, 0.2) is 0 Å². The molecule has 1 aliphatic heterocycles. The van der Waals surface area contributed by atoms with Gasteiger partial charge < -0.3 is 19.7 Å². The summed E-state index contributed by atoms with van der Waals surface area (Å²) in [6.07, 6.45) is 0. The Balaban J connectivity index is 1.96. The molecule has 2 N–H and O–H groups in total. The van der Waals surface area contributed by atoms with Crippen LogP contribution in [0.4, 0.5) is 0 Å².